The van der Waals surface area contributed by atoms with Crippen LogP contribution in [-0.2, 0) is 16.1 Å². The number of anilines is 2. The number of rotatable bonds is 12. The molecule has 2 heterocycles. The van der Waals surface area contributed by atoms with Gasteiger partial charge < -0.3 is 41.0 Å². The summed E-state index contributed by atoms with van der Waals surface area (Å²) in [5.41, 5.74) is 6.54. The summed E-state index contributed by atoms with van der Waals surface area (Å²) < 4.78 is 62.0. The summed E-state index contributed by atoms with van der Waals surface area (Å²) in [6.07, 6.45) is -5.51. The topological polar surface area (TPSA) is 151 Å². The molecule has 0 aliphatic carbocycles. The van der Waals surface area contributed by atoms with Crippen molar-refractivity contribution in [2.75, 3.05) is 44.4 Å². The van der Waals surface area contributed by atoms with E-state index in [2.05, 4.69) is 27.8 Å². The lowest BCUT2D eigenvalue weighted by atomic mass is 10.0. The van der Waals surface area contributed by atoms with Crippen LogP contribution >= 0.6 is 0 Å². The van der Waals surface area contributed by atoms with Gasteiger partial charge in [-0.2, -0.15) is 13.2 Å². The van der Waals surface area contributed by atoms with Crippen LogP contribution in [0.2, 0.25) is 0 Å². The Hall–Kier alpha value is -4.97. The highest BCUT2D eigenvalue weighted by Gasteiger charge is 2.31. The Morgan fingerprint density at radius 3 is 2.60 bits per heavy atom. The molecule has 252 valence electrons. The second kappa shape index (κ2) is 15.1. The van der Waals surface area contributed by atoms with Crippen molar-refractivity contribution in [2.45, 2.75) is 50.2 Å². The second-order valence-corrected chi connectivity index (χ2v) is 11.2. The average molecular weight is 661 g/mol. The number of hydrogen-bond acceptors (Lipinski definition) is 7. The predicted molar refractivity (Wildman–Crippen MR) is 168 cm³/mol. The van der Waals surface area contributed by atoms with Gasteiger partial charge in [-0.05, 0) is 62.2 Å². The lowest BCUT2D eigenvalue weighted by Crippen LogP contribution is -2.46. The molecule has 0 saturated carbocycles. The van der Waals surface area contributed by atoms with Gasteiger partial charge in [-0.1, -0.05) is 12.0 Å². The van der Waals surface area contributed by atoms with Gasteiger partial charge in [0.05, 0.1) is 36.6 Å². The Balaban J connectivity index is 1.51. The number of carbonyl (C=O) groups is 3. The maximum atomic E-state index is 14.7. The van der Waals surface area contributed by atoms with Crippen LogP contribution in [0.3, 0.4) is 0 Å². The molecule has 3 atom stereocenters. The monoisotopic (exact) mass is 660 g/mol. The molecule has 0 radical (unpaired) electrons. The molecule has 4 rings (SSSR count). The van der Waals surface area contributed by atoms with Gasteiger partial charge in [-0.25, -0.2) is 9.18 Å². The number of methoxy groups -OCH3 is 1. The van der Waals surface area contributed by atoms with E-state index in [1.165, 1.54) is 25.3 Å². The summed E-state index contributed by atoms with van der Waals surface area (Å²) in [4.78, 5) is 37.1. The molecule has 1 aliphatic heterocycles. The number of aliphatic carboxylic acids is 1. The summed E-state index contributed by atoms with van der Waals surface area (Å²) >= 11 is 0. The number of nitrogens with zero attached hydrogens (tertiary/aromatic N) is 2. The molecule has 1 unspecified atom stereocenters. The predicted octanol–water partition coefficient (Wildman–Crippen LogP) is 3.58. The van der Waals surface area contributed by atoms with Gasteiger partial charge in [0.1, 0.15) is 24.5 Å². The minimum absolute atomic E-state index is 0.00607. The highest BCUT2D eigenvalue weighted by atomic mass is 19.4. The number of amides is 2. The minimum atomic E-state index is -4.52. The van der Waals surface area contributed by atoms with Gasteiger partial charge in [-0.3, -0.25) is 9.59 Å². The summed E-state index contributed by atoms with van der Waals surface area (Å²) in [7, 11) is 3.19. The van der Waals surface area contributed by atoms with Crippen molar-refractivity contribution in [2.24, 2.45) is 5.73 Å². The number of nitrogens with two attached hydrogens (primary N) is 1. The fraction of sp³-hybridized carbons (Fsp3) is 0.406. The zero-order valence-corrected chi connectivity index (χ0v) is 25.8. The first kappa shape index (κ1) is 34.9. The zero-order chi connectivity index (χ0) is 34.3. The molecule has 1 aromatic heterocycles. The van der Waals surface area contributed by atoms with Crippen LogP contribution in [0.1, 0.15) is 35.3 Å². The van der Waals surface area contributed by atoms with Crippen molar-refractivity contribution in [3.63, 3.8) is 0 Å². The largest absolute Gasteiger partial charge is 0.495 e. The zero-order valence-electron chi connectivity index (χ0n) is 25.8. The molecule has 2 amide bonds. The van der Waals surface area contributed by atoms with E-state index in [-0.39, 0.29) is 42.9 Å². The van der Waals surface area contributed by atoms with Crippen molar-refractivity contribution in [3.8, 4) is 17.6 Å². The number of ether oxygens (including phenoxy) is 1. The molecule has 1 aliphatic rings. The van der Waals surface area contributed by atoms with Crippen LogP contribution in [0.5, 0.6) is 5.75 Å². The maximum absolute atomic E-state index is 14.7. The van der Waals surface area contributed by atoms with Gasteiger partial charge in [-0.15, -0.1) is 0 Å². The molecule has 15 heteroatoms. The number of piperidine rings is 1. The van der Waals surface area contributed by atoms with E-state index in [0.29, 0.717) is 35.2 Å². The lowest BCUT2D eigenvalue weighted by molar-refractivity contribution is -0.140. The number of carboxylic acids is 1. The number of aromatic nitrogens is 1. The average Bonchev–Trinajstić information content (AvgIpc) is 3.34. The van der Waals surface area contributed by atoms with Crippen molar-refractivity contribution < 1.29 is 41.8 Å². The molecular formula is C32H36F4N6O5. The fourth-order valence-corrected chi connectivity index (χ4v) is 5.32. The van der Waals surface area contributed by atoms with Crippen molar-refractivity contribution in [3.05, 3.63) is 53.7 Å². The maximum Gasteiger partial charge on any atom is 0.406 e. The number of primary amides is 1. The standard InChI is InChI=1S/C32H36F4N6O5/c1-41-14-12-24(22(33)17-41)39-23-6-3-7-27-21(23)16-20(42(27)18-32(34,35)36)5-4-13-38-25-9-8-19(15-28(25)47-2)30(44)40-26(31(45)46)10-11-29(37)43/h3,6-9,15-16,22,24,26,38-39H,10-14,17-18H2,1-2H3,(H2,37,43)(H,40,44)(H,45,46)/t22-,24+,26?/m0/s1. The SMILES string of the molecule is COc1cc(C(=O)NC(CCC(N)=O)C(=O)O)ccc1NCC#Cc1cc2c(N[C@@H]3CCN(C)C[C@@H]3F)cccc2n1CC(F)(F)F. The first-order valence-electron chi connectivity index (χ1n) is 14.8. The number of carboxylic acid groups (broad SMARTS) is 1. The van der Waals surface area contributed by atoms with E-state index in [1.54, 1.807) is 24.3 Å². The first-order chi connectivity index (χ1) is 22.3. The minimum Gasteiger partial charge on any atom is -0.495 e. The third-order valence-corrected chi connectivity index (χ3v) is 7.70. The van der Waals surface area contributed by atoms with Crippen LogP contribution in [-0.4, -0.2) is 90.6 Å². The fourth-order valence-electron chi connectivity index (χ4n) is 5.32. The number of fused-ring (bicyclic) bond motifs is 1. The van der Waals surface area contributed by atoms with Gasteiger partial charge >= 0.3 is 12.1 Å². The molecule has 47 heavy (non-hydrogen) atoms. The Morgan fingerprint density at radius 1 is 1.17 bits per heavy atom. The van der Waals surface area contributed by atoms with Gasteiger partial charge in [0.25, 0.3) is 5.91 Å². The van der Waals surface area contributed by atoms with Crippen LogP contribution in [0.15, 0.2) is 42.5 Å². The summed E-state index contributed by atoms with van der Waals surface area (Å²) in [5, 5.41) is 18.4. The van der Waals surface area contributed by atoms with E-state index in [4.69, 9.17) is 10.5 Å². The highest BCUT2D eigenvalue weighted by molar-refractivity contribution is 5.97. The summed E-state index contributed by atoms with van der Waals surface area (Å²) in [6.45, 7) is -0.318. The van der Waals surface area contributed by atoms with E-state index in [1.807, 2.05) is 11.9 Å². The Bertz CT molecular complexity index is 1680. The Morgan fingerprint density at radius 2 is 1.94 bits per heavy atom. The van der Waals surface area contributed by atoms with E-state index in [0.717, 1.165) is 4.57 Å². The molecule has 11 nitrogen and oxygen atoms in total. The number of carbonyl (C=O) groups excluding carboxylic acids is 2. The number of alkyl halides is 4. The van der Waals surface area contributed by atoms with Crippen LogP contribution in [0, 0.1) is 11.8 Å². The Labute approximate surface area is 268 Å². The number of hydrogen-bond donors (Lipinski definition) is 5. The molecule has 1 saturated heterocycles. The van der Waals surface area contributed by atoms with Crippen molar-refractivity contribution in [1.29, 1.82) is 0 Å². The number of halogens is 4. The van der Waals surface area contributed by atoms with E-state index < -0.39 is 48.8 Å². The summed E-state index contributed by atoms with van der Waals surface area (Å²) in [6, 6.07) is 8.95. The molecule has 2 aromatic carbocycles. The van der Waals surface area contributed by atoms with Gasteiger partial charge in [0.15, 0.2) is 0 Å². The van der Waals surface area contributed by atoms with Crippen molar-refractivity contribution >= 4 is 40.1 Å². The molecular weight excluding hydrogens is 624 g/mol. The summed E-state index contributed by atoms with van der Waals surface area (Å²) in [5.74, 6) is 3.13. The number of likely N-dealkylation sites (tertiary alicyclic amines) is 1. The smallest absolute Gasteiger partial charge is 0.406 e. The van der Waals surface area contributed by atoms with Crippen molar-refractivity contribution in [1.82, 2.24) is 14.8 Å². The second-order valence-electron chi connectivity index (χ2n) is 11.2. The third kappa shape index (κ3) is 9.29. The lowest BCUT2D eigenvalue weighted by Gasteiger charge is -2.33. The molecule has 6 N–H and O–H groups in total. The van der Waals surface area contributed by atoms with Crippen LogP contribution in [0.25, 0.3) is 10.9 Å². The molecule has 0 spiro atoms. The van der Waals surface area contributed by atoms with Crippen LogP contribution < -0.4 is 26.4 Å². The number of nitrogens with one attached hydrogen (secondary N) is 3. The van der Waals surface area contributed by atoms with Gasteiger partial charge in [0, 0.05) is 36.1 Å². The molecule has 1 fully saturated rings. The van der Waals surface area contributed by atoms with E-state index in [9.17, 15) is 37.1 Å². The normalized spacial score (nSPS) is 17.3. The quantitative estimate of drug-likeness (QED) is 0.146. The first-order valence-corrected chi connectivity index (χ1v) is 14.8. The van der Waals surface area contributed by atoms with Gasteiger partial charge in [0.2, 0.25) is 5.91 Å². The number of benzene rings is 2. The Kier molecular flexibility index (Phi) is 11.2. The van der Waals surface area contributed by atoms with E-state index >= 15 is 0 Å². The molecule has 3 aromatic rings. The third-order valence-electron chi connectivity index (χ3n) is 7.70. The highest BCUT2D eigenvalue weighted by Crippen LogP contribution is 2.32. The van der Waals surface area contributed by atoms with Crippen LogP contribution in [0.4, 0.5) is 28.9 Å². The molecule has 0 bridgehead atoms.